The van der Waals surface area contributed by atoms with E-state index in [0.717, 1.165) is 31.1 Å². The molecule has 2 aliphatic heterocycles. The minimum absolute atomic E-state index is 0.323. The van der Waals surface area contributed by atoms with Crippen LogP contribution in [0.1, 0.15) is 18.5 Å². The third kappa shape index (κ3) is 3.22. The van der Waals surface area contributed by atoms with Gasteiger partial charge >= 0.3 is 0 Å². The smallest absolute Gasteiger partial charge is 0.290 e. The molecular weight excluding hydrogens is 292 g/mol. The summed E-state index contributed by atoms with van der Waals surface area (Å²) in [4.78, 5) is 33.5. The minimum Gasteiger partial charge on any atom is -0.391 e. The number of aromatic nitrogens is 2. The molecule has 0 spiro atoms. The number of aliphatic hydroxyl groups excluding tert-OH is 1. The van der Waals surface area contributed by atoms with Crippen molar-refractivity contribution in [2.45, 2.75) is 18.9 Å². The van der Waals surface area contributed by atoms with Crippen molar-refractivity contribution < 1.29 is 14.7 Å². The highest BCUT2D eigenvalue weighted by Crippen LogP contribution is 2.25. The number of aliphatic hydroxyl groups is 1. The first-order valence-corrected chi connectivity index (χ1v) is 7.44. The SMILES string of the molecule is O=C1NC(=O)/C(=C\c2ccnc(N3CCCC(O)C3)n2)S1. The summed E-state index contributed by atoms with van der Waals surface area (Å²) < 4.78 is 0. The molecule has 1 atom stereocenters. The van der Waals surface area contributed by atoms with Crippen LogP contribution in [0.25, 0.3) is 6.08 Å². The molecule has 2 saturated heterocycles. The molecule has 0 aromatic carbocycles. The molecule has 0 saturated carbocycles. The Morgan fingerprint density at radius 2 is 2.33 bits per heavy atom. The third-order valence-electron chi connectivity index (χ3n) is 3.26. The molecule has 2 fully saturated rings. The monoisotopic (exact) mass is 306 g/mol. The molecule has 1 unspecified atom stereocenters. The maximum Gasteiger partial charge on any atom is 0.290 e. The van der Waals surface area contributed by atoms with Crippen molar-refractivity contribution in [2.24, 2.45) is 0 Å². The van der Waals surface area contributed by atoms with Crippen LogP contribution in [0.4, 0.5) is 10.7 Å². The van der Waals surface area contributed by atoms with Crippen LogP contribution in [0.3, 0.4) is 0 Å². The predicted molar refractivity (Wildman–Crippen MR) is 78.6 cm³/mol. The maximum absolute atomic E-state index is 11.5. The van der Waals surface area contributed by atoms with Crippen LogP contribution >= 0.6 is 11.8 Å². The fourth-order valence-electron chi connectivity index (χ4n) is 2.29. The molecular formula is C13H14N4O3S. The largest absolute Gasteiger partial charge is 0.391 e. The highest BCUT2D eigenvalue weighted by molar-refractivity contribution is 8.18. The Hall–Kier alpha value is -1.93. The predicted octanol–water partition coefficient (Wildman–Crippen LogP) is 0.762. The van der Waals surface area contributed by atoms with Gasteiger partial charge < -0.3 is 10.0 Å². The van der Waals surface area contributed by atoms with E-state index in [9.17, 15) is 14.7 Å². The van der Waals surface area contributed by atoms with Crippen molar-refractivity contribution in [3.63, 3.8) is 0 Å². The van der Waals surface area contributed by atoms with Crippen LogP contribution in [0.15, 0.2) is 17.2 Å². The number of hydrogen-bond acceptors (Lipinski definition) is 7. The van der Waals surface area contributed by atoms with Crippen LogP contribution in [-0.4, -0.2) is 45.4 Å². The van der Waals surface area contributed by atoms with Gasteiger partial charge in [0.1, 0.15) is 0 Å². The second-order valence-electron chi connectivity index (χ2n) is 4.88. The number of amides is 2. The number of nitrogens with zero attached hydrogens (tertiary/aromatic N) is 3. The average Bonchev–Trinajstić information content (AvgIpc) is 2.77. The zero-order valence-corrected chi connectivity index (χ0v) is 12.0. The van der Waals surface area contributed by atoms with Crippen LogP contribution < -0.4 is 10.2 Å². The van der Waals surface area contributed by atoms with E-state index in [1.54, 1.807) is 18.3 Å². The Labute approximate surface area is 125 Å². The zero-order chi connectivity index (χ0) is 14.8. The number of β-amino-alcohol motifs (C(OH)–C–C–N with tert-alkyl or cyclic N) is 1. The molecule has 2 amide bonds. The molecule has 7 nitrogen and oxygen atoms in total. The maximum atomic E-state index is 11.5. The van der Waals surface area contributed by atoms with Gasteiger partial charge in [0.2, 0.25) is 5.95 Å². The second-order valence-corrected chi connectivity index (χ2v) is 5.89. The summed E-state index contributed by atoms with van der Waals surface area (Å²) in [6.07, 6.45) is 4.49. The highest BCUT2D eigenvalue weighted by Gasteiger charge is 2.25. The average molecular weight is 306 g/mol. The number of rotatable bonds is 2. The van der Waals surface area contributed by atoms with Gasteiger partial charge in [0.15, 0.2) is 0 Å². The number of nitrogens with one attached hydrogen (secondary N) is 1. The zero-order valence-electron chi connectivity index (χ0n) is 11.2. The van der Waals surface area contributed by atoms with Crippen molar-refractivity contribution in [1.29, 1.82) is 0 Å². The Bertz CT molecular complexity index is 619. The Kier molecular flexibility index (Phi) is 3.89. The number of hydrogen-bond donors (Lipinski definition) is 2. The normalized spacial score (nSPS) is 24.5. The molecule has 0 bridgehead atoms. The molecule has 21 heavy (non-hydrogen) atoms. The fourth-order valence-corrected chi connectivity index (χ4v) is 2.95. The third-order valence-corrected chi connectivity index (χ3v) is 4.08. The molecule has 2 N–H and O–H groups in total. The second kappa shape index (κ2) is 5.82. The van der Waals surface area contributed by atoms with E-state index in [2.05, 4.69) is 15.3 Å². The number of piperidine rings is 1. The molecule has 3 heterocycles. The van der Waals surface area contributed by atoms with Gasteiger partial charge in [0.25, 0.3) is 11.1 Å². The van der Waals surface area contributed by atoms with Crippen LogP contribution in [0, 0.1) is 0 Å². The van der Waals surface area contributed by atoms with E-state index in [1.165, 1.54) is 0 Å². The van der Waals surface area contributed by atoms with Gasteiger partial charge in [-0.3, -0.25) is 14.9 Å². The summed E-state index contributed by atoms with van der Waals surface area (Å²) in [5, 5.41) is 11.5. The topological polar surface area (TPSA) is 95.4 Å². The van der Waals surface area contributed by atoms with Gasteiger partial charge in [-0.25, -0.2) is 9.97 Å². The van der Waals surface area contributed by atoms with E-state index in [1.807, 2.05) is 4.90 Å². The molecule has 2 aliphatic rings. The number of carbonyl (C=O) groups is 2. The first-order chi connectivity index (χ1) is 10.1. The van der Waals surface area contributed by atoms with Gasteiger partial charge in [-0.05, 0) is 36.7 Å². The Balaban J connectivity index is 1.82. The van der Waals surface area contributed by atoms with Crippen LogP contribution in [-0.2, 0) is 4.79 Å². The summed E-state index contributed by atoms with van der Waals surface area (Å²) in [6.45, 7) is 1.30. The summed E-state index contributed by atoms with van der Waals surface area (Å²) >= 11 is 0.858. The van der Waals surface area contributed by atoms with Gasteiger partial charge in [-0.15, -0.1) is 0 Å². The molecule has 110 valence electrons. The fraction of sp³-hybridized carbons (Fsp3) is 0.385. The summed E-state index contributed by atoms with van der Waals surface area (Å²) in [6, 6.07) is 1.67. The minimum atomic E-state index is -0.404. The number of imide groups is 1. The van der Waals surface area contributed by atoms with Crippen molar-refractivity contribution in [1.82, 2.24) is 15.3 Å². The highest BCUT2D eigenvalue weighted by atomic mass is 32.2. The molecule has 0 aliphatic carbocycles. The van der Waals surface area contributed by atoms with Gasteiger partial charge in [-0.2, -0.15) is 0 Å². The van der Waals surface area contributed by atoms with Crippen LogP contribution in [0.5, 0.6) is 0 Å². The van der Waals surface area contributed by atoms with Crippen molar-refractivity contribution in [2.75, 3.05) is 18.0 Å². The number of carbonyl (C=O) groups excluding carboxylic acids is 2. The first-order valence-electron chi connectivity index (χ1n) is 6.63. The van der Waals surface area contributed by atoms with E-state index in [4.69, 9.17) is 0 Å². The number of thioether (sulfide) groups is 1. The van der Waals surface area contributed by atoms with E-state index >= 15 is 0 Å². The summed E-state index contributed by atoms with van der Waals surface area (Å²) in [5.41, 5.74) is 0.562. The Morgan fingerprint density at radius 3 is 3.05 bits per heavy atom. The molecule has 3 rings (SSSR count). The van der Waals surface area contributed by atoms with Crippen LogP contribution in [0.2, 0.25) is 0 Å². The standard InChI is InChI=1S/C13H14N4O3S/c18-9-2-1-5-17(7-9)12-14-4-3-8(15-12)6-10-11(19)16-13(20)21-10/h3-4,6,9,18H,1-2,5,7H2,(H,16,19,20)/b10-6+. The Morgan fingerprint density at radius 1 is 1.48 bits per heavy atom. The molecule has 0 radical (unpaired) electrons. The van der Waals surface area contributed by atoms with E-state index in [-0.39, 0.29) is 11.3 Å². The molecule has 1 aromatic heterocycles. The van der Waals surface area contributed by atoms with Gasteiger partial charge in [-0.1, -0.05) is 0 Å². The van der Waals surface area contributed by atoms with Crippen molar-refractivity contribution in [3.8, 4) is 0 Å². The quantitative estimate of drug-likeness (QED) is 0.779. The van der Waals surface area contributed by atoms with Gasteiger partial charge in [0, 0.05) is 19.3 Å². The summed E-state index contributed by atoms with van der Waals surface area (Å²) in [7, 11) is 0. The lowest BCUT2D eigenvalue weighted by atomic mass is 10.1. The van der Waals surface area contributed by atoms with Gasteiger partial charge in [0.05, 0.1) is 16.7 Å². The lowest BCUT2D eigenvalue weighted by Crippen LogP contribution is -2.39. The lowest BCUT2D eigenvalue weighted by Gasteiger charge is -2.30. The number of anilines is 1. The lowest BCUT2D eigenvalue weighted by molar-refractivity contribution is -0.115. The molecule has 1 aromatic rings. The molecule has 8 heteroatoms. The van der Waals surface area contributed by atoms with Crippen molar-refractivity contribution in [3.05, 3.63) is 22.9 Å². The summed E-state index contributed by atoms with van der Waals surface area (Å²) in [5.74, 6) is 0.122. The van der Waals surface area contributed by atoms with Crippen molar-refractivity contribution >= 4 is 34.9 Å². The van der Waals surface area contributed by atoms with E-state index < -0.39 is 5.91 Å². The van der Waals surface area contributed by atoms with E-state index in [0.29, 0.717) is 23.1 Å². The first kappa shape index (κ1) is 14.0.